The Morgan fingerprint density at radius 3 is 1.85 bits per heavy atom. The minimum atomic E-state index is -0.0630. The van der Waals surface area contributed by atoms with Gasteiger partial charge in [0, 0.05) is 16.9 Å². The molecule has 0 fully saturated rings. The molecule has 0 saturated heterocycles. The summed E-state index contributed by atoms with van der Waals surface area (Å²) in [5.74, 6) is 2.74. The van der Waals surface area contributed by atoms with Crippen molar-refractivity contribution >= 4 is 38.3 Å². The summed E-state index contributed by atoms with van der Waals surface area (Å²) in [6.45, 7) is 8.20. The van der Waals surface area contributed by atoms with Crippen molar-refractivity contribution in [1.82, 2.24) is 0 Å². The minimum absolute atomic E-state index is 0. The van der Waals surface area contributed by atoms with Gasteiger partial charge in [0.1, 0.15) is 23.0 Å². The zero-order valence-corrected chi connectivity index (χ0v) is 20.3. The van der Waals surface area contributed by atoms with E-state index in [9.17, 15) is 4.79 Å². The molecule has 4 aromatic carbocycles. The molecule has 0 aliphatic carbocycles. The SMILES string of the molecule is Cc1cc(C)c(C(=O)Pc2ccc(Oc3ccccc3)cc2Oc2ccccc2)c(C)c1C.[LiH]. The van der Waals surface area contributed by atoms with Crippen LogP contribution >= 0.6 is 8.58 Å². The van der Waals surface area contributed by atoms with E-state index in [4.69, 9.17) is 9.47 Å². The zero-order chi connectivity index (χ0) is 23.4. The predicted octanol–water partition coefficient (Wildman–Crippen LogP) is 7.00. The summed E-state index contributed by atoms with van der Waals surface area (Å²) in [4.78, 5) is 13.4. The van der Waals surface area contributed by atoms with E-state index in [0.29, 0.717) is 17.2 Å². The zero-order valence-electron chi connectivity index (χ0n) is 19.3. The van der Waals surface area contributed by atoms with Crippen molar-refractivity contribution in [3.8, 4) is 23.0 Å². The van der Waals surface area contributed by atoms with Gasteiger partial charge in [0.2, 0.25) is 0 Å². The molecule has 0 amide bonds. The molecule has 1 atom stereocenters. The Labute approximate surface area is 215 Å². The van der Waals surface area contributed by atoms with Crippen LogP contribution < -0.4 is 14.8 Å². The van der Waals surface area contributed by atoms with Crippen LogP contribution in [0.25, 0.3) is 0 Å². The third kappa shape index (κ3) is 5.99. The fourth-order valence-electron chi connectivity index (χ4n) is 3.81. The summed E-state index contributed by atoms with van der Waals surface area (Å²) in [5, 5.41) is 0.848. The van der Waals surface area contributed by atoms with Gasteiger partial charge >= 0.3 is 18.9 Å². The van der Waals surface area contributed by atoms with Crippen molar-refractivity contribution in [1.29, 1.82) is 0 Å². The summed E-state index contributed by atoms with van der Waals surface area (Å²) in [7, 11) is -0.0630. The van der Waals surface area contributed by atoms with E-state index in [1.54, 1.807) is 0 Å². The molecule has 0 spiro atoms. The van der Waals surface area contributed by atoms with Crippen LogP contribution in [-0.4, -0.2) is 24.4 Å². The topological polar surface area (TPSA) is 35.5 Å². The van der Waals surface area contributed by atoms with Crippen molar-refractivity contribution < 1.29 is 14.3 Å². The third-order valence-electron chi connectivity index (χ3n) is 5.73. The van der Waals surface area contributed by atoms with Crippen LogP contribution in [-0.2, 0) is 0 Å². The van der Waals surface area contributed by atoms with Gasteiger partial charge in [-0.3, -0.25) is 4.79 Å². The van der Waals surface area contributed by atoms with Gasteiger partial charge in [-0.15, -0.1) is 0 Å². The van der Waals surface area contributed by atoms with Crippen molar-refractivity contribution in [3.63, 3.8) is 0 Å². The predicted molar refractivity (Wildman–Crippen MR) is 144 cm³/mol. The van der Waals surface area contributed by atoms with E-state index < -0.39 is 0 Å². The first-order chi connectivity index (χ1) is 15.9. The summed E-state index contributed by atoms with van der Waals surface area (Å²) < 4.78 is 12.2. The molecular weight excluding hydrogens is 434 g/mol. The Hall–Kier alpha value is -2.82. The molecule has 34 heavy (non-hydrogen) atoms. The summed E-state index contributed by atoms with van der Waals surface area (Å²) >= 11 is 0. The molecule has 0 heterocycles. The first-order valence-electron chi connectivity index (χ1n) is 10.9. The monoisotopic (exact) mass is 462 g/mol. The summed E-state index contributed by atoms with van der Waals surface area (Å²) in [6, 6.07) is 27.0. The van der Waals surface area contributed by atoms with Gasteiger partial charge in [-0.1, -0.05) is 42.5 Å². The fraction of sp³-hybridized carbons (Fsp3) is 0.138. The summed E-state index contributed by atoms with van der Waals surface area (Å²) in [5.41, 5.74) is 5.37. The number of para-hydroxylation sites is 2. The van der Waals surface area contributed by atoms with E-state index in [-0.39, 0.29) is 33.0 Å². The molecule has 0 aliphatic heterocycles. The van der Waals surface area contributed by atoms with Crippen LogP contribution in [0.3, 0.4) is 0 Å². The average Bonchev–Trinajstić information content (AvgIpc) is 2.81. The molecule has 0 aromatic heterocycles. The van der Waals surface area contributed by atoms with Gasteiger partial charge in [-0.05, 0) is 94.9 Å². The molecule has 0 saturated carbocycles. The molecular formula is C29H28LiO3P. The number of benzene rings is 4. The van der Waals surface area contributed by atoms with Gasteiger partial charge in [0.25, 0.3) is 0 Å². The van der Waals surface area contributed by atoms with Crippen molar-refractivity contribution in [3.05, 3.63) is 113 Å². The van der Waals surface area contributed by atoms with Crippen LogP contribution in [0.15, 0.2) is 84.9 Å². The van der Waals surface area contributed by atoms with Gasteiger partial charge in [0.15, 0.2) is 5.52 Å². The number of carbonyl (C=O) groups excluding carboxylic acids is 1. The van der Waals surface area contributed by atoms with E-state index in [1.165, 1.54) is 11.1 Å². The van der Waals surface area contributed by atoms with E-state index in [1.807, 2.05) is 92.7 Å². The third-order valence-corrected chi connectivity index (χ3v) is 6.89. The number of carbonyl (C=O) groups is 1. The molecule has 168 valence electrons. The standard InChI is InChI=1S/C29H27O3P.Li.H/c1-19-17-20(2)28(22(4)21(19)3)29(30)33-27-16-15-25(31-23-11-7-5-8-12-23)18-26(27)32-24-13-9-6-10-14-24;;/h5-18,33H,1-4H3;;. The average molecular weight is 462 g/mol. The quantitative estimate of drug-likeness (QED) is 0.219. The number of rotatable bonds is 7. The normalized spacial score (nSPS) is 10.7. The molecule has 4 rings (SSSR count). The maximum atomic E-state index is 13.4. The van der Waals surface area contributed by atoms with Gasteiger partial charge < -0.3 is 9.47 Å². The molecule has 4 aromatic rings. The fourth-order valence-corrected chi connectivity index (χ4v) is 4.98. The Balaban J connectivity index is 0.00000324. The Morgan fingerprint density at radius 2 is 1.24 bits per heavy atom. The molecule has 0 N–H and O–H groups in total. The Kier molecular flexibility index (Phi) is 8.76. The molecule has 3 nitrogen and oxygen atoms in total. The van der Waals surface area contributed by atoms with E-state index in [0.717, 1.165) is 27.7 Å². The van der Waals surface area contributed by atoms with Crippen LogP contribution in [0.2, 0.25) is 0 Å². The van der Waals surface area contributed by atoms with E-state index in [2.05, 4.69) is 19.9 Å². The second-order valence-corrected chi connectivity index (χ2v) is 9.32. The Bertz CT molecular complexity index is 1290. The number of hydrogen-bond donors (Lipinski definition) is 0. The van der Waals surface area contributed by atoms with Crippen LogP contribution in [0.5, 0.6) is 23.0 Å². The van der Waals surface area contributed by atoms with Crippen molar-refractivity contribution in [2.75, 3.05) is 0 Å². The van der Waals surface area contributed by atoms with Crippen molar-refractivity contribution in [2.45, 2.75) is 27.7 Å². The second-order valence-electron chi connectivity index (χ2n) is 8.08. The first-order valence-corrected chi connectivity index (χ1v) is 11.9. The molecule has 0 aliphatic rings. The number of hydrogen-bond acceptors (Lipinski definition) is 3. The van der Waals surface area contributed by atoms with Crippen LogP contribution in [0.4, 0.5) is 0 Å². The Morgan fingerprint density at radius 1 is 0.647 bits per heavy atom. The maximum absolute atomic E-state index is 13.4. The van der Waals surface area contributed by atoms with Gasteiger partial charge in [0.05, 0.1) is 0 Å². The summed E-state index contributed by atoms with van der Waals surface area (Å²) in [6.07, 6.45) is 0. The number of ether oxygens (including phenoxy) is 2. The van der Waals surface area contributed by atoms with Gasteiger partial charge in [-0.2, -0.15) is 0 Å². The second kappa shape index (κ2) is 11.5. The molecule has 0 bridgehead atoms. The van der Waals surface area contributed by atoms with Crippen LogP contribution in [0.1, 0.15) is 32.6 Å². The number of aryl methyl sites for hydroxylation is 2. The van der Waals surface area contributed by atoms with Crippen LogP contribution in [0, 0.1) is 27.7 Å². The first kappa shape index (κ1) is 25.8. The van der Waals surface area contributed by atoms with E-state index >= 15 is 0 Å². The van der Waals surface area contributed by atoms with Gasteiger partial charge in [-0.25, -0.2) is 0 Å². The van der Waals surface area contributed by atoms with Crippen molar-refractivity contribution in [2.24, 2.45) is 0 Å². The molecule has 1 unspecified atom stereocenters. The molecule has 5 heteroatoms. The molecule has 0 radical (unpaired) electrons.